The van der Waals surface area contributed by atoms with Crippen molar-refractivity contribution in [2.24, 2.45) is 5.10 Å². The number of carbonyl (C=O) groups is 1. The number of amides is 1. The van der Waals surface area contributed by atoms with Crippen LogP contribution in [0, 0.1) is 0 Å². The molecule has 0 fully saturated rings. The second-order valence-electron chi connectivity index (χ2n) is 6.03. The summed E-state index contributed by atoms with van der Waals surface area (Å²) in [6.07, 6.45) is 1.56. The molecule has 162 valence electrons. The van der Waals surface area contributed by atoms with E-state index in [-0.39, 0.29) is 11.7 Å². The molecule has 2 aromatic carbocycles. The van der Waals surface area contributed by atoms with Crippen molar-refractivity contribution in [1.29, 1.82) is 0 Å². The summed E-state index contributed by atoms with van der Waals surface area (Å²) in [5.74, 6) is 2.12. The Morgan fingerprint density at radius 3 is 2.65 bits per heavy atom. The van der Waals surface area contributed by atoms with Gasteiger partial charge in [0, 0.05) is 5.75 Å². The summed E-state index contributed by atoms with van der Waals surface area (Å²) in [4.78, 5) is 12.0. The van der Waals surface area contributed by atoms with Gasteiger partial charge in [0.1, 0.15) is 0 Å². The molecule has 0 spiro atoms. The molecule has 0 saturated heterocycles. The summed E-state index contributed by atoms with van der Waals surface area (Å²) < 4.78 is 12.4. The fraction of sp³-hybridized carbons (Fsp3) is 0.238. The third kappa shape index (κ3) is 7.57. The normalized spacial score (nSPS) is 10.9. The van der Waals surface area contributed by atoms with E-state index in [1.54, 1.807) is 31.2 Å². The van der Waals surface area contributed by atoms with Gasteiger partial charge in [0.2, 0.25) is 0 Å². The van der Waals surface area contributed by atoms with Crippen LogP contribution in [0.2, 0.25) is 0 Å². The van der Waals surface area contributed by atoms with E-state index < -0.39 is 0 Å². The Hall–Kier alpha value is -2.56. The highest BCUT2D eigenvalue weighted by atomic mass is 32.2. The van der Waals surface area contributed by atoms with E-state index in [1.165, 1.54) is 28.7 Å². The molecule has 31 heavy (non-hydrogen) atoms. The number of nitrogens with one attached hydrogen (secondary N) is 1. The molecular weight excluding hydrogens is 452 g/mol. The van der Waals surface area contributed by atoms with Crippen LogP contribution in [0.1, 0.15) is 18.1 Å². The molecule has 0 atom stereocenters. The van der Waals surface area contributed by atoms with Gasteiger partial charge in [0.15, 0.2) is 20.2 Å². The van der Waals surface area contributed by atoms with Crippen LogP contribution in [0.25, 0.3) is 0 Å². The molecule has 0 aliphatic carbocycles. The first kappa shape index (κ1) is 23.1. The van der Waals surface area contributed by atoms with Crippen LogP contribution in [0.4, 0.5) is 0 Å². The monoisotopic (exact) mass is 474 g/mol. The van der Waals surface area contributed by atoms with Gasteiger partial charge in [-0.05, 0) is 36.2 Å². The first-order valence-corrected chi connectivity index (χ1v) is 12.2. The Morgan fingerprint density at radius 2 is 1.90 bits per heavy atom. The number of hydrazone groups is 1. The second-order valence-corrected chi connectivity index (χ2v) is 9.46. The molecule has 1 N–H and O–H groups in total. The van der Waals surface area contributed by atoms with Gasteiger partial charge in [0.25, 0.3) is 5.91 Å². The summed E-state index contributed by atoms with van der Waals surface area (Å²) in [6, 6.07) is 15.6. The fourth-order valence-corrected chi connectivity index (χ4v) is 5.18. The maximum absolute atomic E-state index is 12.0. The number of thioether (sulfide) groups is 2. The van der Waals surface area contributed by atoms with Crippen LogP contribution in [0.15, 0.2) is 62.3 Å². The minimum absolute atomic E-state index is 0.210. The lowest BCUT2D eigenvalue weighted by molar-refractivity contribution is -0.118. The van der Waals surface area contributed by atoms with Crippen molar-refractivity contribution in [3.8, 4) is 11.5 Å². The predicted molar refractivity (Wildman–Crippen MR) is 127 cm³/mol. The topological polar surface area (TPSA) is 85.7 Å². The number of carbonyl (C=O) groups excluding carboxylic acids is 1. The first-order valence-electron chi connectivity index (χ1n) is 9.43. The Morgan fingerprint density at radius 1 is 1.13 bits per heavy atom. The molecule has 3 aromatic rings. The minimum atomic E-state index is -0.215. The lowest BCUT2D eigenvalue weighted by atomic mass is 10.2. The highest BCUT2D eigenvalue weighted by molar-refractivity contribution is 8.03. The van der Waals surface area contributed by atoms with Gasteiger partial charge in [-0.2, -0.15) is 5.10 Å². The highest BCUT2D eigenvalue weighted by Gasteiger charge is 2.09. The molecule has 1 aromatic heterocycles. The third-order valence-electron chi connectivity index (χ3n) is 3.81. The van der Waals surface area contributed by atoms with E-state index in [0.717, 1.165) is 20.0 Å². The van der Waals surface area contributed by atoms with E-state index in [0.29, 0.717) is 18.1 Å². The van der Waals surface area contributed by atoms with Gasteiger partial charge in [-0.15, -0.1) is 10.2 Å². The highest BCUT2D eigenvalue weighted by Crippen LogP contribution is 2.30. The lowest BCUT2D eigenvalue weighted by Crippen LogP contribution is -2.19. The van der Waals surface area contributed by atoms with Gasteiger partial charge in [0.05, 0.1) is 25.7 Å². The van der Waals surface area contributed by atoms with Crippen LogP contribution in [0.3, 0.4) is 0 Å². The Labute approximate surface area is 193 Å². The molecule has 0 unspecified atom stereocenters. The molecule has 1 heterocycles. The van der Waals surface area contributed by atoms with Crippen molar-refractivity contribution < 1.29 is 14.3 Å². The van der Waals surface area contributed by atoms with Crippen molar-refractivity contribution >= 4 is 47.0 Å². The van der Waals surface area contributed by atoms with Crippen LogP contribution >= 0.6 is 34.9 Å². The quantitative estimate of drug-likeness (QED) is 0.249. The summed E-state index contributed by atoms with van der Waals surface area (Å²) >= 11 is 4.46. The van der Waals surface area contributed by atoms with E-state index in [9.17, 15) is 4.79 Å². The number of benzene rings is 2. The maximum atomic E-state index is 12.0. The molecular formula is C21H22N4O3S3. The fourth-order valence-electron chi connectivity index (χ4n) is 2.41. The molecule has 3 rings (SSSR count). The molecule has 0 radical (unpaired) electrons. The minimum Gasteiger partial charge on any atom is -0.493 e. The molecule has 0 aliphatic heterocycles. The number of hydrogen-bond acceptors (Lipinski definition) is 9. The summed E-state index contributed by atoms with van der Waals surface area (Å²) in [5, 5.41) is 12.3. The first-order chi connectivity index (χ1) is 15.2. The molecule has 0 saturated carbocycles. The van der Waals surface area contributed by atoms with Crippen LogP contribution < -0.4 is 14.9 Å². The molecule has 7 nitrogen and oxygen atoms in total. The zero-order chi connectivity index (χ0) is 21.9. The summed E-state index contributed by atoms with van der Waals surface area (Å²) in [6.45, 7) is 2.47. The average Bonchev–Trinajstić information content (AvgIpc) is 3.26. The van der Waals surface area contributed by atoms with Crippen molar-refractivity contribution in [2.45, 2.75) is 21.4 Å². The number of nitrogens with zero attached hydrogens (tertiary/aromatic N) is 3. The molecule has 0 aliphatic rings. The van der Waals surface area contributed by atoms with Gasteiger partial charge in [-0.3, -0.25) is 4.79 Å². The predicted octanol–water partition coefficient (Wildman–Crippen LogP) is 4.48. The van der Waals surface area contributed by atoms with E-state index in [2.05, 4.69) is 32.9 Å². The van der Waals surface area contributed by atoms with Crippen molar-refractivity contribution in [2.75, 3.05) is 19.5 Å². The van der Waals surface area contributed by atoms with Gasteiger partial charge in [-0.1, -0.05) is 65.2 Å². The second kappa shape index (κ2) is 12.3. The summed E-state index contributed by atoms with van der Waals surface area (Å²) in [5.41, 5.74) is 4.55. The molecule has 10 heteroatoms. The molecule has 0 bridgehead atoms. The zero-order valence-electron chi connectivity index (χ0n) is 17.1. The van der Waals surface area contributed by atoms with E-state index in [4.69, 9.17) is 9.47 Å². The zero-order valence-corrected chi connectivity index (χ0v) is 19.6. The van der Waals surface area contributed by atoms with E-state index in [1.807, 2.05) is 37.3 Å². The van der Waals surface area contributed by atoms with Crippen molar-refractivity contribution in [3.63, 3.8) is 0 Å². The number of ether oxygens (including phenoxy) is 2. The smallest absolute Gasteiger partial charge is 0.250 e. The van der Waals surface area contributed by atoms with E-state index >= 15 is 0 Å². The van der Waals surface area contributed by atoms with Crippen LogP contribution in [-0.2, 0) is 10.5 Å². The maximum Gasteiger partial charge on any atom is 0.250 e. The van der Waals surface area contributed by atoms with Gasteiger partial charge < -0.3 is 9.47 Å². The van der Waals surface area contributed by atoms with Crippen molar-refractivity contribution in [1.82, 2.24) is 15.6 Å². The van der Waals surface area contributed by atoms with Crippen LogP contribution in [0.5, 0.6) is 11.5 Å². The third-order valence-corrected chi connectivity index (χ3v) is 7.07. The number of rotatable bonds is 11. The number of methoxy groups -OCH3 is 1. The summed E-state index contributed by atoms with van der Waals surface area (Å²) in [7, 11) is 1.58. The standard InChI is InChI=1S/C21H22N4O3S3/c1-3-28-17-10-9-16(11-18(17)27-2)12-22-23-19(26)14-30-21-25-24-20(31-21)29-13-15-7-5-4-6-8-15/h4-12H,3,13-14H2,1-2H3,(H,23,26)/b22-12-. The largest absolute Gasteiger partial charge is 0.493 e. The average molecular weight is 475 g/mol. The Balaban J connectivity index is 1.42. The van der Waals surface area contributed by atoms with Crippen LogP contribution in [-0.4, -0.2) is 41.8 Å². The Kier molecular flexibility index (Phi) is 9.19. The molecule has 1 amide bonds. The number of hydrogen-bond donors (Lipinski definition) is 1. The van der Waals surface area contributed by atoms with Gasteiger partial charge in [-0.25, -0.2) is 5.43 Å². The van der Waals surface area contributed by atoms with Crippen molar-refractivity contribution in [3.05, 3.63) is 59.7 Å². The SMILES string of the molecule is CCOc1ccc(/C=N\NC(=O)CSc2nnc(SCc3ccccc3)s2)cc1OC. The lowest BCUT2D eigenvalue weighted by Gasteiger charge is -2.09. The van der Waals surface area contributed by atoms with Gasteiger partial charge >= 0.3 is 0 Å². The number of aromatic nitrogens is 2. The Bertz CT molecular complexity index is 1010.